The molecule has 1 aromatic heterocycles. The average molecular weight is 268 g/mol. The highest BCUT2D eigenvalue weighted by molar-refractivity contribution is 5.73. The summed E-state index contributed by atoms with van der Waals surface area (Å²) in [7, 11) is 0. The van der Waals surface area contributed by atoms with Crippen molar-refractivity contribution in [3.8, 4) is 0 Å². The maximum absolute atomic E-state index is 4.68. The third kappa shape index (κ3) is 2.30. The monoisotopic (exact) mass is 268 g/mol. The van der Waals surface area contributed by atoms with Gasteiger partial charge in [-0.15, -0.1) is 0 Å². The molecule has 3 fully saturated rings. The van der Waals surface area contributed by atoms with Crippen molar-refractivity contribution in [1.29, 1.82) is 0 Å². The van der Waals surface area contributed by atoms with Gasteiger partial charge in [0.25, 0.3) is 0 Å². The Morgan fingerprint density at radius 1 is 1.15 bits per heavy atom. The van der Waals surface area contributed by atoms with Crippen molar-refractivity contribution in [3.63, 3.8) is 0 Å². The predicted octanol–water partition coefficient (Wildman–Crippen LogP) is 1.81. The van der Waals surface area contributed by atoms with Gasteiger partial charge >= 0.3 is 0 Å². The summed E-state index contributed by atoms with van der Waals surface area (Å²) >= 11 is 0. The summed E-state index contributed by atoms with van der Waals surface area (Å²) in [6, 6.07) is 8.68. The lowest BCUT2D eigenvalue weighted by Crippen LogP contribution is -2.55. The van der Waals surface area contributed by atoms with Gasteiger partial charge < -0.3 is 10.2 Å². The molecule has 4 heteroatoms. The molecule has 104 valence electrons. The first-order valence-corrected chi connectivity index (χ1v) is 7.55. The lowest BCUT2D eigenvalue weighted by atomic mass is 9.84. The molecule has 0 spiro atoms. The first-order valence-electron chi connectivity index (χ1n) is 7.55. The Balaban J connectivity index is 1.45. The van der Waals surface area contributed by atoms with Gasteiger partial charge in [0.15, 0.2) is 0 Å². The van der Waals surface area contributed by atoms with Gasteiger partial charge in [-0.05, 0) is 44.0 Å². The van der Waals surface area contributed by atoms with Crippen LogP contribution in [-0.2, 0) is 6.54 Å². The van der Waals surface area contributed by atoms with Crippen molar-refractivity contribution in [2.75, 3.05) is 19.6 Å². The van der Waals surface area contributed by atoms with Gasteiger partial charge in [-0.2, -0.15) is 0 Å². The second kappa shape index (κ2) is 5.11. The van der Waals surface area contributed by atoms with Gasteiger partial charge in [0.1, 0.15) is 0 Å². The molecule has 1 atom stereocenters. The molecule has 5 rings (SSSR count). The molecular weight excluding hydrogens is 248 g/mol. The van der Waals surface area contributed by atoms with E-state index in [1.165, 1.54) is 32.5 Å². The Bertz CT molecular complexity index is 604. The van der Waals surface area contributed by atoms with Crippen LogP contribution in [0.1, 0.15) is 18.5 Å². The Morgan fingerprint density at radius 3 is 2.70 bits per heavy atom. The third-order valence-electron chi connectivity index (χ3n) is 4.70. The van der Waals surface area contributed by atoms with Crippen LogP contribution in [0.3, 0.4) is 0 Å². The number of benzene rings is 1. The number of para-hydroxylation sites is 2. The number of aromatic nitrogens is 2. The Hall–Kier alpha value is -1.52. The standard InChI is InChI=1S/C16H20N4/c1-2-4-15-14(3-1)17-9-13(19-15)10-18-16-11-20-7-5-12(16)6-8-20/h1-4,9,12,16,18H,5-8,10-11H2. The number of hydrogen-bond donors (Lipinski definition) is 1. The number of piperidine rings is 3. The van der Waals surface area contributed by atoms with E-state index >= 15 is 0 Å². The first kappa shape index (κ1) is 12.2. The lowest BCUT2D eigenvalue weighted by molar-refractivity contribution is 0.0718. The second-order valence-corrected chi connectivity index (χ2v) is 5.98. The molecular formula is C16H20N4. The predicted molar refractivity (Wildman–Crippen MR) is 79.3 cm³/mol. The van der Waals surface area contributed by atoms with Crippen LogP contribution >= 0.6 is 0 Å². The summed E-state index contributed by atoms with van der Waals surface area (Å²) in [4.78, 5) is 11.7. The molecule has 4 heterocycles. The largest absolute Gasteiger partial charge is 0.307 e. The molecule has 1 aromatic carbocycles. The van der Waals surface area contributed by atoms with Crippen LogP contribution in [0.5, 0.6) is 0 Å². The van der Waals surface area contributed by atoms with Gasteiger partial charge in [-0.1, -0.05) is 12.1 Å². The van der Waals surface area contributed by atoms with E-state index in [4.69, 9.17) is 0 Å². The molecule has 3 saturated heterocycles. The maximum Gasteiger partial charge on any atom is 0.0890 e. The molecule has 1 unspecified atom stereocenters. The molecule has 4 nitrogen and oxygen atoms in total. The minimum atomic E-state index is 0.630. The molecule has 3 aliphatic rings. The Kier molecular flexibility index (Phi) is 3.13. The highest BCUT2D eigenvalue weighted by Gasteiger charge is 2.33. The summed E-state index contributed by atoms with van der Waals surface area (Å²) in [5.41, 5.74) is 3.00. The zero-order chi connectivity index (χ0) is 13.4. The smallest absolute Gasteiger partial charge is 0.0890 e. The van der Waals surface area contributed by atoms with Crippen LogP contribution in [0.25, 0.3) is 11.0 Å². The fourth-order valence-electron chi connectivity index (χ4n) is 3.51. The van der Waals surface area contributed by atoms with Crippen molar-refractivity contribution in [3.05, 3.63) is 36.2 Å². The van der Waals surface area contributed by atoms with Crippen molar-refractivity contribution < 1.29 is 0 Å². The van der Waals surface area contributed by atoms with Crippen LogP contribution in [0.4, 0.5) is 0 Å². The van der Waals surface area contributed by atoms with Gasteiger partial charge in [-0.3, -0.25) is 4.98 Å². The van der Waals surface area contributed by atoms with Crippen LogP contribution < -0.4 is 5.32 Å². The van der Waals surface area contributed by atoms with Crippen LogP contribution in [0, 0.1) is 5.92 Å². The molecule has 0 aliphatic carbocycles. The summed E-state index contributed by atoms with van der Waals surface area (Å²) in [6.07, 6.45) is 4.60. The van der Waals surface area contributed by atoms with E-state index in [1.807, 2.05) is 30.5 Å². The summed E-state index contributed by atoms with van der Waals surface area (Å²) in [5, 5.41) is 3.69. The second-order valence-electron chi connectivity index (χ2n) is 5.98. The topological polar surface area (TPSA) is 41.1 Å². The number of fused-ring (bicyclic) bond motifs is 4. The van der Waals surface area contributed by atoms with Gasteiger partial charge in [0.2, 0.25) is 0 Å². The minimum absolute atomic E-state index is 0.630. The highest BCUT2D eigenvalue weighted by atomic mass is 15.2. The zero-order valence-electron chi connectivity index (χ0n) is 11.6. The number of nitrogens with one attached hydrogen (secondary N) is 1. The van der Waals surface area contributed by atoms with E-state index in [1.54, 1.807) is 0 Å². The van der Waals surface area contributed by atoms with Gasteiger partial charge in [0.05, 0.1) is 22.9 Å². The maximum atomic E-state index is 4.68. The van der Waals surface area contributed by atoms with Crippen molar-refractivity contribution in [2.24, 2.45) is 5.92 Å². The normalized spacial score (nSPS) is 28.9. The molecule has 0 radical (unpaired) electrons. The minimum Gasteiger partial charge on any atom is -0.307 e. The Morgan fingerprint density at radius 2 is 1.95 bits per heavy atom. The van der Waals surface area contributed by atoms with Crippen LogP contribution in [0.2, 0.25) is 0 Å². The fourth-order valence-corrected chi connectivity index (χ4v) is 3.51. The van der Waals surface area contributed by atoms with Crippen molar-refractivity contribution >= 4 is 11.0 Å². The van der Waals surface area contributed by atoms with E-state index in [0.29, 0.717) is 6.04 Å². The number of hydrogen-bond acceptors (Lipinski definition) is 4. The van der Waals surface area contributed by atoms with Gasteiger partial charge in [-0.25, -0.2) is 4.98 Å². The quantitative estimate of drug-likeness (QED) is 0.922. The molecule has 20 heavy (non-hydrogen) atoms. The fraction of sp³-hybridized carbons (Fsp3) is 0.500. The molecule has 3 aliphatic heterocycles. The average Bonchev–Trinajstić information content (AvgIpc) is 2.54. The van der Waals surface area contributed by atoms with E-state index in [9.17, 15) is 0 Å². The number of rotatable bonds is 3. The summed E-state index contributed by atoms with van der Waals surface area (Å²) < 4.78 is 0. The molecule has 0 amide bonds. The number of nitrogens with zero attached hydrogens (tertiary/aromatic N) is 3. The van der Waals surface area contributed by atoms with E-state index in [-0.39, 0.29) is 0 Å². The van der Waals surface area contributed by atoms with Crippen molar-refractivity contribution in [1.82, 2.24) is 20.2 Å². The van der Waals surface area contributed by atoms with Crippen LogP contribution in [-0.4, -0.2) is 40.5 Å². The van der Waals surface area contributed by atoms with E-state index in [0.717, 1.165) is 29.2 Å². The van der Waals surface area contributed by atoms with Crippen LogP contribution in [0.15, 0.2) is 30.5 Å². The molecule has 1 N–H and O–H groups in total. The van der Waals surface area contributed by atoms with E-state index < -0.39 is 0 Å². The SMILES string of the molecule is c1ccc2nc(CNC3CN4CCC3CC4)cnc2c1. The third-order valence-corrected chi connectivity index (χ3v) is 4.70. The summed E-state index contributed by atoms with van der Waals surface area (Å²) in [5.74, 6) is 0.855. The molecule has 0 saturated carbocycles. The first-order chi connectivity index (χ1) is 9.88. The summed E-state index contributed by atoms with van der Waals surface area (Å²) in [6.45, 7) is 4.61. The van der Waals surface area contributed by atoms with Gasteiger partial charge in [0, 0.05) is 19.1 Å². The molecule has 2 aromatic rings. The lowest BCUT2D eigenvalue weighted by Gasteiger charge is -2.45. The van der Waals surface area contributed by atoms with E-state index in [2.05, 4.69) is 20.2 Å². The van der Waals surface area contributed by atoms with Crippen molar-refractivity contribution in [2.45, 2.75) is 25.4 Å². The highest BCUT2D eigenvalue weighted by Crippen LogP contribution is 2.27. The Labute approximate surface area is 119 Å². The molecule has 2 bridgehead atoms. The zero-order valence-corrected chi connectivity index (χ0v) is 11.6.